The van der Waals surface area contributed by atoms with Gasteiger partial charge in [-0.05, 0) is 30.9 Å². The zero-order chi connectivity index (χ0) is 18.4. The summed E-state index contributed by atoms with van der Waals surface area (Å²) in [6.45, 7) is 4.23. The highest BCUT2D eigenvalue weighted by Crippen LogP contribution is 2.18. The van der Waals surface area contributed by atoms with Crippen LogP contribution in [-0.4, -0.2) is 68.7 Å². The summed E-state index contributed by atoms with van der Waals surface area (Å²) >= 11 is 0. The molecule has 0 bridgehead atoms. The number of nitrogens with two attached hydrogens (primary N) is 1. The first kappa shape index (κ1) is 24.5. The van der Waals surface area contributed by atoms with Gasteiger partial charge in [-0.1, -0.05) is 18.2 Å². The fourth-order valence-electron chi connectivity index (χ4n) is 3.53. The van der Waals surface area contributed by atoms with Crippen LogP contribution < -0.4 is 16.0 Å². The number of amides is 2. The number of carbonyl (C=O) groups is 2. The summed E-state index contributed by atoms with van der Waals surface area (Å²) in [5.41, 5.74) is 7.22. The van der Waals surface area contributed by atoms with Crippen molar-refractivity contribution >= 4 is 42.3 Å². The largest absolute Gasteiger partial charge is 0.381 e. The van der Waals surface area contributed by atoms with Crippen molar-refractivity contribution in [3.8, 4) is 0 Å². The average Bonchev–Trinajstić information content (AvgIpc) is 2.72. The summed E-state index contributed by atoms with van der Waals surface area (Å²) in [6, 6.07) is 9.62. The van der Waals surface area contributed by atoms with Crippen molar-refractivity contribution in [2.75, 3.05) is 50.8 Å². The van der Waals surface area contributed by atoms with Crippen LogP contribution in [0, 0.1) is 5.92 Å². The molecule has 2 aliphatic rings. The minimum atomic E-state index is -0.568. The van der Waals surface area contributed by atoms with Crippen LogP contribution in [0.4, 0.5) is 5.69 Å². The maximum absolute atomic E-state index is 12.4. The molecule has 0 radical (unpaired) electrons. The number of rotatable bonds is 5. The monoisotopic (exact) mass is 432 g/mol. The van der Waals surface area contributed by atoms with Gasteiger partial charge in [0.25, 0.3) is 0 Å². The van der Waals surface area contributed by atoms with E-state index < -0.39 is 6.04 Å². The molecule has 2 fully saturated rings. The Balaban J connectivity index is 0.00000196. The second-order valence-electron chi connectivity index (χ2n) is 6.90. The molecular weight excluding hydrogens is 403 g/mol. The molecule has 1 atom stereocenters. The second kappa shape index (κ2) is 12.1. The van der Waals surface area contributed by atoms with Gasteiger partial charge < -0.3 is 25.6 Å². The molecule has 0 saturated carbocycles. The second-order valence-corrected chi connectivity index (χ2v) is 6.90. The van der Waals surface area contributed by atoms with Crippen LogP contribution in [0.5, 0.6) is 0 Å². The molecule has 0 spiro atoms. The van der Waals surface area contributed by atoms with E-state index in [1.54, 1.807) is 4.90 Å². The van der Waals surface area contributed by atoms with E-state index >= 15 is 0 Å². The molecule has 3 N–H and O–H groups in total. The predicted octanol–water partition coefficient (Wildman–Crippen LogP) is 1.05. The third-order valence-corrected chi connectivity index (χ3v) is 5.24. The number of hydrogen-bond donors (Lipinski definition) is 2. The molecule has 1 unspecified atom stereocenters. The van der Waals surface area contributed by atoms with Crippen LogP contribution in [0.15, 0.2) is 30.3 Å². The van der Waals surface area contributed by atoms with Crippen LogP contribution in [0.25, 0.3) is 0 Å². The molecular formula is C19H30Cl2N4O3. The van der Waals surface area contributed by atoms with Crippen molar-refractivity contribution in [3.05, 3.63) is 30.3 Å². The number of para-hydroxylation sites is 1. The molecule has 28 heavy (non-hydrogen) atoms. The van der Waals surface area contributed by atoms with Crippen molar-refractivity contribution < 1.29 is 14.3 Å². The standard InChI is InChI=1S/C19H28N4O3.2ClH/c20-18(15-6-12-26-13-7-15)19(25)21-14-17(24)23-10-8-22(9-11-23)16-4-2-1-3-5-16;;/h1-5,15,18H,6-14,20H2,(H,21,25);2*1H. The number of piperazine rings is 1. The SMILES string of the molecule is Cl.Cl.NC(C(=O)NCC(=O)N1CCN(c2ccccc2)CC1)C1CCOCC1. The quantitative estimate of drug-likeness (QED) is 0.725. The highest BCUT2D eigenvalue weighted by atomic mass is 35.5. The van der Waals surface area contributed by atoms with Crippen molar-refractivity contribution in [2.45, 2.75) is 18.9 Å². The number of carbonyl (C=O) groups excluding carboxylic acids is 2. The first-order chi connectivity index (χ1) is 12.6. The van der Waals surface area contributed by atoms with Gasteiger partial charge in [-0.2, -0.15) is 0 Å². The van der Waals surface area contributed by atoms with E-state index in [4.69, 9.17) is 10.5 Å². The van der Waals surface area contributed by atoms with E-state index in [0.717, 1.165) is 25.9 Å². The lowest BCUT2D eigenvalue weighted by atomic mass is 9.92. The number of halogens is 2. The van der Waals surface area contributed by atoms with E-state index in [1.165, 1.54) is 5.69 Å². The van der Waals surface area contributed by atoms with E-state index in [9.17, 15) is 9.59 Å². The van der Waals surface area contributed by atoms with Gasteiger partial charge in [0.1, 0.15) is 0 Å². The zero-order valence-corrected chi connectivity index (χ0v) is 17.6. The Hall–Kier alpha value is -1.54. The smallest absolute Gasteiger partial charge is 0.242 e. The Morgan fingerprint density at radius 3 is 2.29 bits per heavy atom. The van der Waals surface area contributed by atoms with Crippen LogP contribution in [0.1, 0.15) is 12.8 Å². The number of nitrogens with one attached hydrogen (secondary N) is 1. The van der Waals surface area contributed by atoms with Crippen molar-refractivity contribution in [1.82, 2.24) is 10.2 Å². The third-order valence-electron chi connectivity index (χ3n) is 5.24. The van der Waals surface area contributed by atoms with Crippen molar-refractivity contribution in [2.24, 2.45) is 11.7 Å². The Kier molecular flexibility index (Phi) is 10.6. The molecule has 2 aliphatic heterocycles. The fourth-order valence-corrected chi connectivity index (χ4v) is 3.53. The number of hydrogen-bond acceptors (Lipinski definition) is 5. The van der Waals surface area contributed by atoms with E-state index in [1.807, 2.05) is 18.2 Å². The first-order valence-corrected chi connectivity index (χ1v) is 9.34. The van der Waals surface area contributed by atoms with Crippen molar-refractivity contribution in [3.63, 3.8) is 0 Å². The number of ether oxygens (including phenoxy) is 1. The van der Waals surface area contributed by atoms with Crippen molar-refractivity contribution in [1.29, 1.82) is 0 Å². The molecule has 9 heteroatoms. The maximum Gasteiger partial charge on any atom is 0.242 e. The zero-order valence-electron chi connectivity index (χ0n) is 15.9. The Morgan fingerprint density at radius 2 is 1.68 bits per heavy atom. The molecule has 2 amide bonds. The topological polar surface area (TPSA) is 87.9 Å². The van der Waals surface area contributed by atoms with Gasteiger partial charge in [-0.3, -0.25) is 9.59 Å². The lowest BCUT2D eigenvalue weighted by molar-refractivity contribution is -0.133. The Bertz CT molecular complexity index is 606. The summed E-state index contributed by atoms with van der Waals surface area (Å²) < 4.78 is 5.30. The molecule has 2 saturated heterocycles. The van der Waals surface area contributed by atoms with E-state index in [0.29, 0.717) is 26.3 Å². The lowest BCUT2D eigenvalue weighted by Gasteiger charge is -2.36. The molecule has 3 rings (SSSR count). The third kappa shape index (κ3) is 6.51. The average molecular weight is 433 g/mol. The number of anilines is 1. The summed E-state index contributed by atoms with van der Waals surface area (Å²) in [4.78, 5) is 28.7. The van der Waals surface area contributed by atoms with Crippen LogP contribution >= 0.6 is 24.8 Å². The van der Waals surface area contributed by atoms with E-state index in [2.05, 4.69) is 22.3 Å². The van der Waals surface area contributed by atoms with Crippen LogP contribution in [0.2, 0.25) is 0 Å². The Labute approximate surface area is 178 Å². The first-order valence-electron chi connectivity index (χ1n) is 9.34. The maximum atomic E-state index is 12.4. The minimum Gasteiger partial charge on any atom is -0.381 e. The summed E-state index contributed by atoms with van der Waals surface area (Å²) in [6.07, 6.45) is 1.59. The molecule has 2 heterocycles. The summed E-state index contributed by atoms with van der Waals surface area (Å²) in [5.74, 6) is -0.160. The normalized spacial score (nSPS) is 18.5. The van der Waals surface area contributed by atoms with Gasteiger partial charge in [0.15, 0.2) is 0 Å². The summed E-state index contributed by atoms with van der Waals surface area (Å²) in [7, 11) is 0. The molecule has 1 aromatic carbocycles. The highest BCUT2D eigenvalue weighted by molar-refractivity contribution is 5.87. The Morgan fingerprint density at radius 1 is 1.07 bits per heavy atom. The summed E-state index contributed by atoms with van der Waals surface area (Å²) in [5, 5.41) is 2.71. The molecule has 1 aromatic rings. The number of nitrogens with zero attached hydrogens (tertiary/aromatic N) is 2. The van der Waals surface area contributed by atoms with Gasteiger partial charge in [0.2, 0.25) is 11.8 Å². The van der Waals surface area contributed by atoms with Crippen LogP contribution in [-0.2, 0) is 14.3 Å². The minimum absolute atomic E-state index is 0. The molecule has 0 aromatic heterocycles. The highest BCUT2D eigenvalue weighted by Gasteiger charge is 2.27. The van der Waals surface area contributed by atoms with Crippen LogP contribution in [0.3, 0.4) is 0 Å². The lowest BCUT2D eigenvalue weighted by Crippen LogP contribution is -2.53. The molecule has 0 aliphatic carbocycles. The number of benzene rings is 1. The molecule has 158 valence electrons. The van der Waals surface area contributed by atoms with Gasteiger partial charge in [-0.15, -0.1) is 24.8 Å². The fraction of sp³-hybridized carbons (Fsp3) is 0.579. The molecule has 7 nitrogen and oxygen atoms in total. The van der Waals surface area contributed by atoms with Gasteiger partial charge in [0.05, 0.1) is 12.6 Å². The van der Waals surface area contributed by atoms with Gasteiger partial charge in [-0.25, -0.2) is 0 Å². The van der Waals surface area contributed by atoms with Gasteiger partial charge in [0, 0.05) is 45.1 Å². The van der Waals surface area contributed by atoms with E-state index in [-0.39, 0.29) is 49.1 Å². The predicted molar refractivity (Wildman–Crippen MR) is 114 cm³/mol. The van der Waals surface area contributed by atoms with Gasteiger partial charge >= 0.3 is 0 Å².